The number of nitro groups is 2. The summed E-state index contributed by atoms with van der Waals surface area (Å²) in [5.74, 6) is 0. The highest BCUT2D eigenvalue weighted by atomic mass is 32.2. The SMILES string of the molecule is O=[N+]([O-])C1([N+](=O)[O-])COS(=O)OC1. The Bertz CT molecular complexity index is 251. The third-order valence-corrected chi connectivity index (χ3v) is 2.07. The van der Waals surface area contributed by atoms with Crippen molar-refractivity contribution in [2.45, 2.75) is 5.66 Å². The van der Waals surface area contributed by atoms with Crippen LogP contribution in [0.15, 0.2) is 0 Å². The first kappa shape index (κ1) is 9.95. The van der Waals surface area contributed by atoms with Crippen LogP contribution in [0.5, 0.6) is 0 Å². The molecule has 1 aliphatic rings. The molecule has 0 aromatic carbocycles. The van der Waals surface area contributed by atoms with Crippen LogP contribution in [0.3, 0.4) is 0 Å². The van der Waals surface area contributed by atoms with Gasteiger partial charge in [0, 0.05) is 0 Å². The highest BCUT2D eigenvalue weighted by molar-refractivity contribution is 7.75. The van der Waals surface area contributed by atoms with E-state index in [1.807, 2.05) is 0 Å². The molecule has 1 saturated heterocycles. The predicted molar refractivity (Wildman–Crippen MR) is 36.8 cm³/mol. The molecule has 1 aliphatic heterocycles. The Morgan fingerprint density at radius 1 is 1.15 bits per heavy atom. The molecule has 0 aromatic rings. The van der Waals surface area contributed by atoms with Crippen LogP contribution in [0.4, 0.5) is 0 Å². The van der Waals surface area contributed by atoms with Crippen LogP contribution < -0.4 is 0 Å². The van der Waals surface area contributed by atoms with E-state index in [0.717, 1.165) is 0 Å². The fourth-order valence-electron chi connectivity index (χ4n) is 0.638. The van der Waals surface area contributed by atoms with Crippen LogP contribution in [0, 0.1) is 20.2 Å². The summed E-state index contributed by atoms with van der Waals surface area (Å²) in [5, 5.41) is 20.7. The van der Waals surface area contributed by atoms with E-state index < -0.39 is 40.1 Å². The van der Waals surface area contributed by atoms with Crippen molar-refractivity contribution in [2.75, 3.05) is 13.2 Å². The molecule has 13 heavy (non-hydrogen) atoms. The molecule has 0 N–H and O–H groups in total. The lowest BCUT2D eigenvalue weighted by Crippen LogP contribution is -2.56. The zero-order valence-corrected chi connectivity index (χ0v) is 6.89. The molecule has 0 saturated carbocycles. The van der Waals surface area contributed by atoms with Crippen molar-refractivity contribution in [1.82, 2.24) is 0 Å². The normalized spacial score (nSPS) is 22.5. The Labute approximate surface area is 73.8 Å². The number of rotatable bonds is 2. The highest BCUT2D eigenvalue weighted by Gasteiger charge is 2.60. The Balaban J connectivity index is 2.87. The van der Waals surface area contributed by atoms with E-state index in [9.17, 15) is 24.4 Å². The second-order valence-corrected chi connectivity index (χ2v) is 3.10. The van der Waals surface area contributed by atoms with Gasteiger partial charge in [-0.05, 0) is 0 Å². The minimum absolute atomic E-state index is 0.861. The molecule has 0 amide bonds. The Kier molecular flexibility index (Phi) is 2.54. The molecular formula is C3H4N2O7S. The van der Waals surface area contributed by atoms with E-state index in [4.69, 9.17) is 0 Å². The quantitative estimate of drug-likeness (QED) is 0.322. The van der Waals surface area contributed by atoms with E-state index in [-0.39, 0.29) is 0 Å². The van der Waals surface area contributed by atoms with Crippen molar-refractivity contribution in [3.63, 3.8) is 0 Å². The summed E-state index contributed by atoms with van der Waals surface area (Å²) in [5.41, 5.74) is -2.53. The highest BCUT2D eigenvalue weighted by Crippen LogP contribution is 2.18. The summed E-state index contributed by atoms with van der Waals surface area (Å²) in [6.07, 6.45) is 0. The first-order valence-electron chi connectivity index (χ1n) is 2.96. The van der Waals surface area contributed by atoms with Crippen molar-refractivity contribution >= 4 is 11.4 Å². The van der Waals surface area contributed by atoms with Gasteiger partial charge in [0.25, 0.3) is 0 Å². The molecule has 0 spiro atoms. The van der Waals surface area contributed by atoms with E-state index >= 15 is 0 Å². The van der Waals surface area contributed by atoms with Gasteiger partial charge in [-0.2, -0.15) is 4.21 Å². The van der Waals surface area contributed by atoms with Crippen LogP contribution in [-0.2, 0) is 19.7 Å². The van der Waals surface area contributed by atoms with Gasteiger partial charge in [0.15, 0.2) is 0 Å². The standard InChI is InChI=1S/C3H4N2O7S/c6-4(7)3(5(8)9)1-11-13(10)12-2-3/h1-2H2. The fourth-order valence-corrected chi connectivity index (χ4v) is 1.28. The zero-order valence-electron chi connectivity index (χ0n) is 6.07. The van der Waals surface area contributed by atoms with Gasteiger partial charge in [-0.15, -0.1) is 0 Å². The maximum Gasteiger partial charge on any atom is 0.505 e. The molecule has 0 radical (unpaired) electrons. The fraction of sp³-hybridized carbons (Fsp3) is 1.00. The summed E-state index contributed by atoms with van der Waals surface area (Å²) in [7, 11) is 0. The molecule has 10 heteroatoms. The summed E-state index contributed by atoms with van der Waals surface area (Å²) >= 11 is -2.13. The topological polar surface area (TPSA) is 122 Å². The Morgan fingerprint density at radius 2 is 1.54 bits per heavy atom. The average molecular weight is 212 g/mol. The van der Waals surface area contributed by atoms with Crippen LogP contribution in [-0.4, -0.2) is 32.9 Å². The van der Waals surface area contributed by atoms with Crippen molar-refractivity contribution in [3.05, 3.63) is 20.2 Å². The number of nitrogens with zero attached hydrogens (tertiary/aromatic N) is 2. The minimum atomic E-state index is -2.53. The van der Waals surface area contributed by atoms with Gasteiger partial charge < -0.3 is 0 Å². The van der Waals surface area contributed by atoms with E-state index in [1.165, 1.54) is 0 Å². The first-order chi connectivity index (χ1) is 5.99. The molecule has 0 aromatic heterocycles. The van der Waals surface area contributed by atoms with Crippen LogP contribution in [0.2, 0.25) is 0 Å². The van der Waals surface area contributed by atoms with Crippen LogP contribution >= 0.6 is 0 Å². The van der Waals surface area contributed by atoms with Crippen molar-refractivity contribution in [1.29, 1.82) is 0 Å². The Hall–Kier alpha value is -1.13. The van der Waals surface area contributed by atoms with Gasteiger partial charge >= 0.3 is 17.0 Å². The van der Waals surface area contributed by atoms with Gasteiger partial charge in [-0.3, -0.25) is 28.6 Å². The summed E-state index contributed by atoms with van der Waals surface area (Å²) in [6, 6.07) is 0. The molecule has 9 nitrogen and oxygen atoms in total. The molecule has 0 aliphatic carbocycles. The Morgan fingerprint density at radius 3 is 1.85 bits per heavy atom. The van der Waals surface area contributed by atoms with Crippen molar-refractivity contribution in [2.24, 2.45) is 0 Å². The predicted octanol–water partition coefficient (Wildman–Crippen LogP) is -1.14. The third kappa shape index (κ3) is 1.64. The molecule has 0 unspecified atom stereocenters. The van der Waals surface area contributed by atoms with Gasteiger partial charge in [-0.1, -0.05) is 0 Å². The molecule has 0 bridgehead atoms. The van der Waals surface area contributed by atoms with Gasteiger partial charge in [0.2, 0.25) is 13.2 Å². The molecular weight excluding hydrogens is 208 g/mol. The second-order valence-electron chi connectivity index (χ2n) is 2.23. The lowest BCUT2D eigenvalue weighted by molar-refractivity contribution is -0.800. The molecule has 74 valence electrons. The largest absolute Gasteiger partial charge is 0.505 e. The lowest BCUT2D eigenvalue weighted by Gasteiger charge is -2.19. The van der Waals surface area contributed by atoms with E-state index in [0.29, 0.717) is 0 Å². The minimum Gasteiger partial charge on any atom is -0.258 e. The lowest BCUT2D eigenvalue weighted by atomic mass is 10.2. The maximum absolute atomic E-state index is 10.4. The van der Waals surface area contributed by atoms with Crippen LogP contribution in [0.1, 0.15) is 0 Å². The van der Waals surface area contributed by atoms with Gasteiger partial charge in [0.05, 0.1) is 0 Å². The van der Waals surface area contributed by atoms with Crippen molar-refractivity contribution in [3.8, 4) is 0 Å². The van der Waals surface area contributed by atoms with E-state index in [2.05, 4.69) is 8.37 Å². The molecule has 1 rings (SSSR count). The van der Waals surface area contributed by atoms with E-state index in [1.54, 1.807) is 0 Å². The summed E-state index contributed by atoms with van der Waals surface area (Å²) in [4.78, 5) is 18.4. The summed E-state index contributed by atoms with van der Waals surface area (Å²) < 4.78 is 18.8. The van der Waals surface area contributed by atoms with Gasteiger partial charge in [-0.25, -0.2) is 0 Å². The number of hydrogen-bond donors (Lipinski definition) is 0. The molecule has 1 heterocycles. The summed E-state index contributed by atoms with van der Waals surface area (Å²) in [6.45, 7) is -1.72. The first-order valence-corrected chi connectivity index (χ1v) is 3.96. The van der Waals surface area contributed by atoms with Crippen LogP contribution in [0.25, 0.3) is 0 Å². The van der Waals surface area contributed by atoms with Crippen molar-refractivity contribution < 1.29 is 22.4 Å². The monoisotopic (exact) mass is 212 g/mol. The molecule has 1 fully saturated rings. The smallest absolute Gasteiger partial charge is 0.258 e. The number of hydrogen-bond acceptors (Lipinski definition) is 7. The molecule has 0 atom stereocenters. The van der Waals surface area contributed by atoms with Gasteiger partial charge in [0.1, 0.15) is 9.85 Å². The second kappa shape index (κ2) is 3.32. The third-order valence-electron chi connectivity index (χ3n) is 1.45. The maximum atomic E-state index is 10.4. The zero-order chi connectivity index (χ0) is 10.1. The average Bonchev–Trinajstić information content (AvgIpc) is 2.04.